The second-order valence-corrected chi connectivity index (χ2v) is 5.17. The van der Waals surface area contributed by atoms with Gasteiger partial charge in [0.25, 0.3) is 0 Å². The number of halogens is 1. The van der Waals surface area contributed by atoms with Gasteiger partial charge < -0.3 is 10.1 Å². The van der Waals surface area contributed by atoms with E-state index < -0.39 is 0 Å². The Kier molecular flexibility index (Phi) is 4.43. The summed E-state index contributed by atoms with van der Waals surface area (Å²) in [4.78, 5) is 0. The number of hydrogen-bond donors (Lipinski definition) is 1. The molecule has 1 aliphatic rings. The van der Waals surface area contributed by atoms with Gasteiger partial charge in [-0.15, -0.1) is 0 Å². The summed E-state index contributed by atoms with van der Waals surface area (Å²) >= 11 is 6.07. The zero-order valence-corrected chi connectivity index (χ0v) is 11.2. The van der Waals surface area contributed by atoms with Crippen molar-refractivity contribution in [2.24, 2.45) is 5.92 Å². The SMILES string of the molecule is CCNC(c1cccc(Cl)c1)C1COC(C)C1. The third-order valence-electron chi connectivity index (χ3n) is 3.33. The largest absolute Gasteiger partial charge is 0.378 e. The van der Waals surface area contributed by atoms with E-state index >= 15 is 0 Å². The van der Waals surface area contributed by atoms with Crippen LogP contribution in [0.3, 0.4) is 0 Å². The van der Waals surface area contributed by atoms with Crippen molar-refractivity contribution in [1.29, 1.82) is 0 Å². The summed E-state index contributed by atoms with van der Waals surface area (Å²) in [5, 5.41) is 4.35. The van der Waals surface area contributed by atoms with E-state index in [0.717, 1.165) is 24.6 Å². The molecule has 0 aliphatic carbocycles. The van der Waals surface area contributed by atoms with Gasteiger partial charge in [-0.2, -0.15) is 0 Å². The molecule has 3 atom stereocenters. The van der Waals surface area contributed by atoms with Crippen LogP contribution in [0.15, 0.2) is 24.3 Å². The van der Waals surface area contributed by atoms with Crippen LogP contribution in [0.2, 0.25) is 5.02 Å². The molecule has 0 saturated carbocycles. The lowest BCUT2D eigenvalue weighted by molar-refractivity contribution is 0.117. The van der Waals surface area contributed by atoms with E-state index in [-0.39, 0.29) is 0 Å². The Morgan fingerprint density at radius 3 is 2.94 bits per heavy atom. The van der Waals surface area contributed by atoms with Crippen LogP contribution in [0.5, 0.6) is 0 Å². The highest BCUT2D eigenvalue weighted by Gasteiger charge is 2.30. The van der Waals surface area contributed by atoms with Gasteiger partial charge in [0.15, 0.2) is 0 Å². The molecule has 0 aromatic heterocycles. The molecule has 0 radical (unpaired) electrons. The maximum atomic E-state index is 6.07. The van der Waals surface area contributed by atoms with Crippen LogP contribution in [0.4, 0.5) is 0 Å². The molecule has 1 aromatic carbocycles. The third kappa shape index (κ3) is 3.21. The first-order valence-electron chi connectivity index (χ1n) is 6.31. The Labute approximate surface area is 108 Å². The first-order chi connectivity index (χ1) is 8.20. The Bertz CT molecular complexity index is 369. The molecule has 1 aromatic rings. The summed E-state index contributed by atoms with van der Waals surface area (Å²) in [6.45, 7) is 6.07. The molecule has 2 nitrogen and oxygen atoms in total. The molecule has 1 heterocycles. The number of rotatable bonds is 4. The molecule has 0 bridgehead atoms. The van der Waals surface area contributed by atoms with Crippen LogP contribution in [0.1, 0.15) is 31.9 Å². The third-order valence-corrected chi connectivity index (χ3v) is 3.57. The predicted molar refractivity (Wildman–Crippen MR) is 71.4 cm³/mol. The fourth-order valence-electron chi connectivity index (χ4n) is 2.56. The minimum absolute atomic E-state index is 0.351. The van der Waals surface area contributed by atoms with Crippen LogP contribution in [0.25, 0.3) is 0 Å². The van der Waals surface area contributed by atoms with E-state index in [4.69, 9.17) is 16.3 Å². The maximum Gasteiger partial charge on any atom is 0.0551 e. The topological polar surface area (TPSA) is 21.3 Å². The van der Waals surface area contributed by atoms with Gasteiger partial charge in [-0.1, -0.05) is 30.7 Å². The van der Waals surface area contributed by atoms with E-state index in [1.807, 2.05) is 12.1 Å². The summed E-state index contributed by atoms with van der Waals surface area (Å²) in [7, 11) is 0. The van der Waals surface area contributed by atoms with Crippen molar-refractivity contribution in [3.8, 4) is 0 Å². The highest BCUT2D eigenvalue weighted by molar-refractivity contribution is 6.30. The molecule has 1 N–H and O–H groups in total. The van der Waals surface area contributed by atoms with Gasteiger partial charge in [-0.05, 0) is 37.6 Å². The molecular weight excluding hydrogens is 234 g/mol. The van der Waals surface area contributed by atoms with Gasteiger partial charge in [-0.3, -0.25) is 0 Å². The Morgan fingerprint density at radius 2 is 2.35 bits per heavy atom. The lowest BCUT2D eigenvalue weighted by Gasteiger charge is -2.24. The average molecular weight is 254 g/mol. The second kappa shape index (κ2) is 5.85. The first-order valence-corrected chi connectivity index (χ1v) is 6.69. The Hall–Kier alpha value is -0.570. The minimum Gasteiger partial charge on any atom is -0.378 e. The van der Waals surface area contributed by atoms with Crippen LogP contribution in [0, 0.1) is 5.92 Å². The Morgan fingerprint density at radius 1 is 1.53 bits per heavy atom. The molecule has 3 heteroatoms. The zero-order chi connectivity index (χ0) is 12.3. The first kappa shape index (κ1) is 12.9. The monoisotopic (exact) mass is 253 g/mol. The molecular formula is C14H20ClNO. The van der Waals surface area contributed by atoms with Gasteiger partial charge in [0.1, 0.15) is 0 Å². The van der Waals surface area contributed by atoms with Crippen molar-refractivity contribution < 1.29 is 4.74 Å². The fraction of sp³-hybridized carbons (Fsp3) is 0.571. The maximum absolute atomic E-state index is 6.07. The highest BCUT2D eigenvalue weighted by atomic mass is 35.5. The summed E-state index contributed by atoms with van der Waals surface area (Å²) in [6.07, 6.45) is 1.49. The van der Waals surface area contributed by atoms with Crippen molar-refractivity contribution in [3.63, 3.8) is 0 Å². The molecule has 17 heavy (non-hydrogen) atoms. The number of benzene rings is 1. The second-order valence-electron chi connectivity index (χ2n) is 4.73. The molecule has 1 aliphatic heterocycles. The van der Waals surface area contributed by atoms with Gasteiger partial charge in [0, 0.05) is 17.0 Å². The molecule has 3 unspecified atom stereocenters. The molecule has 94 valence electrons. The average Bonchev–Trinajstić information content (AvgIpc) is 2.72. The molecule has 2 rings (SSSR count). The van der Waals surface area contributed by atoms with Gasteiger partial charge >= 0.3 is 0 Å². The lowest BCUT2D eigenvalue weighted by atomic mass is 9.91. The van der Waals surface area contributed by atoms with E-state index in [0.29, 0.717) is 18.1 Å². The predicted octanol–water partition coefficient (Wildman–Crippen LogP) is 3.42. The highest BCUT2D eigenvalue weighted by Crippen LogP contribution is 2.32. The number of nitrogens with one attached hydrogen (secondary N) is 1. The normalized spacial score (nSPS) is 26.1. The van der Waals surface area contributed by atoms with Crippen molar-refractivity contribution in [1.82, 2.24) is 5.32 Å². The number of hydrogen-bond acceptors (Lipinski definition) is 2. The minimum atomic E-state index is 0.351. The molecule has 1 fully saturated rings. The van der Waals surface area contributed by atoms with E-state index in [9.17, 15) is 0 Å². The zero-order valence-electron chi connectivity index (χ0n) is 10.4. The molecule has 0 spiro atoms. The summed E-state index contributed by atoms with van der Waals surface area (Å²) in [5.74, 6) is 0.545. The van der Waals surface area contributed by atoms with Crippen LogP contribution in [-0.2, 0) is 4.74 Å². The summed E-state index contributed by atoms with van der Waals surface area (Å²) < 4.78 is 5.67. The van der Waals surface area contributed by atoms with Crippen molar-refractivity contribution in [2.45, 2.75) is 32.4 Å². The Balaban J connectivity index is 2.16. The summed E-state index contributed by atoms with van der Waals surface area (Å²) in [5.41, 5.74) is 1.27. The fourth-order valence-corrected chi connectivity index (χ4v) is 2.76. The number of ether oxygens (including phenoxy) is 1. The van der Waals surface area contributed by atoms with Crippen LogP contribution in [-0.4, -0.2) is 19.3 Å². The van der Waals surface area contributed by atoms with Crippen molar-refractivity contribution >= 4 is 11.6 Å². The molecule has 1 saturated heterocycles. The van der Waals surface area contributed by atoms with E-state index in [1.165, 1.54) is 5.56 Å². The van der Waals surface area contributed by atoms with Crippen molar-refractivity contribution in [3.05, 3.63) is 34.9 Å². The van der Waals surface area contributed by atoms with Gasteiger partial charge in [-0.25, -0.2) is 0 Å². The van der Waals surface area contributed by atoms with Crippen LogP contribution >= 0.6 is 11.6 Å². The smallest absolute Gasteiger partial charge is 0.0551 e. The van der Waals surface area contributed by atoms with E-state index in [1.54, 1.807) is 0 Å². The van der Waals surface area contributed by atoms with Gasteiger partial charge in [0.2, 0.25) is 0 Å². The quantitative estimate of drug-likeness (QED) is 0.888. The standard InChI is InChI=1S/C14H20ClNO/c1-3-16-14(12-7-10(2)17-9-12)11-5-4-6-13(15)8-11/h4-6,8,10,12,14,16H,3,7,9H2,1-2H3. The lowest BCUT2D eigenvalue weighted by Crippen LogP contribution is -2.28. The van der Waals surface area contributed by atoms with E-state index in [2.05, 4.69) is 31.3 Å². The van der Waals surface area contributed by atoms with Crippen LogP contribution < -0.4 is 5.32 Å². The van der Waals surface area contributed by atoms with Crippen molar-refractivity contribution in [2.75, 3.05) is 13.2 Å². The summed E-state index contributed by atoms with van der Waals surface area (Å²) in [6, 6.07) is 8.48. The van der Waals surface area contributed by atoms with Gasteiger partial charge in [0.05, 0.1) is 12.7 Å². The molecule has 0 amide bonds.